The van der Waals surface area contributed by atoms with Crippen molar-refractivity contribution in [1.29, 1.82) is 0 Å². The Morgan fingerprint density at radius 2 is 1.70 bits per heavy atom. The molecule has 0 unspecified atom stereocenters. The summed E-state index contributed by atoms with van der Waals surface area (Å²) in [5.41, 5.74) is 2.10. The third-order valence-corrected chi connectivity index (χ3v) is 7.86. The van der Waals surface area contributed by atoms with E-state index in [4.69, 9.17) is 16.3 Å². The van der Waals surface area contributed by atoms with Crippen molar-refractivity contribution < 1.29 is 30.7 Å². The summed E-state index contributed by atoms with van der Waals surface area (Å²) in [6.07, 6.45) is -1.70. The molecule has 0 aliphatic rings. The van der Waals surface area contributed by atoms with Crippen LogP contribution in [-0.4, -0.2) is 28.8 Å². The molecule has 0 saturated carbocycles. The van der Waals surface area contributed by atoms with Crippen molar-refractivity contribution in [2.24, 2.45) is 0 Å². The lowest BCUT2D eigenvalue weighted by Gasteiger charge is -2.16. The van der Waals surface area contributed by atoms with E-state index in [2.05, 4.69) is 25.1 Å². The van der Waals surface area contributed by atoms with Gasteiger partial charge in [0.25, 0.3) is 10.0 Å². The molecule has 3 aromatic carbocycles. The van der Waals surface area contributed by atoms with Crippen LogP contribution in [0.4, 0.5) is 22.7 Å². The Bertz CT molecular complexity index is 1790. The van der Waals surface area contributed by atoms with Crippen LogP contribution in [0.3, 0.4) is 0 Å². The summed E-state index contributed by atoms with van der Waals surface area (Å²) in [5.74, 6) is -1.21. The topological polar surface area (TPSA) is 107 Å². The van der Waals surface area contributed by atoms with Crippen LogP contribution in [0.15, 0.2) is 83.5 Å². The first-order valence-electron chi connectivity index (χ1n) is 11.1. The normalized spacial score (nSPS) is 11.8. The Morgan fingerprint density at radius 1 is 0.900 bits per heavy atom. The van der Waals surface area contributed by atoms with E-state index in [1.165, 1.54) is 42.2 Å². The minimum atomic E-state index is -4.52. The molecule has 5 rings (SSSR count). The van der Waals surface area contributed by atoms with E-state index in [0.29, 0.717) is 22.3 Å². The van der Waals surface area contributed by atoms with Gasteiger partial charge in [0.1, 0.15) is 27.7 Å². The molecule has 1 N–H and O–H groups in total. The number of benzene rings is 3. The van der Waals surface area contributed by atoms with Crippen molar-refractivity contribution in [2.75, 3.05) is 4.72 Å². The second kappa shape index (κ2) is 10.8. The molecule has 0 aliphatic heterocycles. The van der Waals surface area contributed by atoms with Crippen LogP contribution in [0.25, 0.3) is 22.3 Å². The number of alkyl halides is 3. The fourth-order valence-corrected chi connectivity index (χ4v) is 5.70. The van der Waals surface area contributed by atoms with Gasteiger partial charge in [0.2, 0.25) is 5.13 Å². The van der Waals surface area contributed by atoms with Crippen LogP contribution < -0.4 is 9.46 Å². The summed E-state index contributed by atoms with van der Waals surface area (Å²) in [7, 11) is -4.38. The second-order valence-electron chi connectivity index (χ2n) is 8.09. The van der Waals surface area contributed by atoms with Crippen LogP contribution in [0.5, 0.6) is 11.5 Å². The quantitative estimate of drug-likeness (QED) is 0.197. The van der Waals surface area contributed by atoms with E-state index in [1.807, 2.05) is 0 Å². The summed E-state index contributed by atoms with van der Waals surface area (Å²) < 4.78 is 88.1. The molecular weight excluding hydrogens is 594 g/mol. The Labute approximate surface area is 233 Å². The number of aromatic nitrogens is 4. The lowest BCUT2D eigenvalue weighted by atomic mass is 9.98. The van der Waals surface area contributed by atoms with Gasteiger partial charge in [0.05, 0.1) is 23.0 Å². The third kappa shape index (κ3) is 5.88. The largest absolute Gasteiger partial charge is 0.455 e. The highest BCUT2D eigenvalue weighted by atomic mass is 35.5. The minimum Gasteiger partial charge on any atom is -0.455 e. The molecule has 2 aromatic heterocycles. The second-order valence-corrected chi connectivity index (χ2v) is 11.0. The molecule has 0 aliphatic carbocycles. The summed E-state index contributed by atoms with van der Waals surface area (Å²) in [4.78, 5) is -0.737. The van der Waals surface area contributed by atoms with Crippen molar-refractivity contribution in [3.63, 3.8) is 0 Å². The van der Waals surface area contributed by atoms with Crippen LogP contribution in [-0.2, 0) is 16.2 Å². The predicted molar refractivity (Wildman–Crippen MR) is 140 cm³/mol. The van der Waals surface area contributed by atoms with Gasteiger partial charge in [-0.25, -0.2) is 12.8 Å². The highest BCUT2D eigenvalue weighted by molar-refractivity contribution is 7.93. The number of hydrogen-bond acceptors (Lipinski definition) is 8. The lowest BCUT2D eigenvalue weighted by Crippen LogP contribution is -2.14. The van der Waals surface area contributed by atoms with Gasteiger partial charge in [-0.3, -0.25) is 4.72 Å². The number of nitrogens with one attached hydrogen (secondary N) is 1. The van der Waals surface area contributed by atoms with Crippen LogP contribution in [0.2, 0.25) is 5.02 Å². The summed E-state index contributed by atoms with van der Waals surface area (Å²) >= 11 is 7.19. The molecular formula is C25H14ClF4N5O3S2. The standard InChI is InChI=1S/C25H14ClF4N5O3S2/c26-19-10-23(40(36,37)35-24-34-33-13-39-24)20(27)11-22(19)38-21-5-4-15(9-18(21)16-6-7-31-32-12-16)14-2-1-3-17(8-14)25(28,29)30/h1-13H,(H,34,35). The fraction of sp³-hybridized carbons (Fsp3) is 0.0400. The highest BCUT2D eigenvalue weighted by Crippen LogP contribution is 2.40. The molecule has 0 saturated heterocycles. The third-order valence-electron chi connectivity index (χ3n) is 5.48. The molecule has 0 fully saturated rings. The Hall–Kier alpha value is -4.14. The molecule has 5 aromatic rings. The van der Waals surface area contributed by atoms with Crippen molar-refractivity contribution in [3.8, 4) is 33.8 Å². The monoisotopic (exact) mass is 607 g/mol. The molecule has 0 spiro atoms. The van der Waals surface area contributed by atoms with Gasteiger partial charge in [0, 0.05) is 17.2 Å². The average molecular weight is 608 g/mol. The molecule has 0 atom stereocenters. The van der Waals surface area contributed by atoms with Crippen LogP contribution in [0.1, 0.15) is 5.56 Å². The predicted octanol–water partition coefficient (Wildman–Crippen LogP) is 7.07. The van der Waals surface area contributed by atoms with Crippen LogP contribution >= 0.6 is 22.9 Å². The zero-order chi connectivity index (χ0) is 28.5. The number of halogens is 5. The van der Waals surface area contributed by atoms with Crippen molar-refractivity contribution in [3.05, 3.63) is 95.0 Å². The van der Waals surface area contributed by atoms with E-state index in [9.17, 15) is 26.0 Å². The minimum absolute atomic E-state index is 0.0627. The maximum Gasteiger partial charge on any atom is 0.416 e. The van der Waals surface area contributed by atoms with Gasteiger partial charge in [-0.05, 0) is 47.5 Å². The van der Waals surface area contributed by atoms with Gasteiger partial charge in [-0.2, -0.15) is 23.4 Å². The average Bonchev–Trinajstić information content (AvgIpc) is 3.43. The zero-order valence-electron chi connectivity index (χ0n) is 19.7. The Balaban J connectivity index is 1.53. The van der Waals surface area contributed by atoms with Gasteiger partial charge in [-0.15, -0.1) is 10.2 Å². The molecule has 15 heteroatoms. The van der Waals surface area contributed by atoms with Gasteiger partial charge in [-0.1, -0.05) is 41.1 Å². The number of nitrogens with zero attached hydrogens (tertiary/aromatic N) is 4. The summed E-state index contributed by atoms with van der Waals surface area (Å²) in [6, 6.07) is 12.7. The number of anilines is 1. The van der Waals surface area contributed by atoms with Crippen molar-refractivity contribution >= 4 is 38.1 Å². The SMILES string of the molecule is O=S(=O)(Nc1nncs1)c1cc(Cl)c(Oc2ccc(-c3cccc(C(F)(F)F)c3)cc2-c2ccnnc2)cc1F. The first-order chi connectivity index (χ1) is 19.0. The zero-order valence-corrected chi connectivity index (χ0v) is 22.1. The Kier molecular flexibility index (Phi) is 7.40. The maximum atomic E-state index is 15.0. The fourth-order valence-electron chi connectivity index (χ4n) is 3.65. The van der Waals surface area contributed by atoms with Gasteiger partial charge < -0.3 is 4.74 Å². The number of rotatable bonds is 7. The van der Waals surface area contributed by atoms with E-state index in [1.54, 1.807) is 12.1 Å². The van der Waals surface area contributed by atoms with E-state index >= 15 is 0 Å². The first kappa shape index (κ1) is 27.4. The molecule has 0 bridgehead atoms. The van der Waals surface area contributed by atoms with Gasteiger partial charge in [0.15, 0.2) is 0 Å². The first-order valence-corrected chi connectivity index (χ1v) is 13.8. The smallest absolute Gasteiger partial charge is 0.416 e. The maximum absolute atomic E-state index is 15.0. The lowest BCUT2D eigenvalue weighted by molar-refractivity contribution is -0.137. The van der Waals surface area contributed by atoms with Crippen molar-refractivity contribution in [1.82, 2.24) is 20.4 Å². The summed E-state index contributed by atoms with van der Waals surface area (Å²) in [5, 5.41) is 14.4. The van der Waals surface area contributed by atoms with E-state index < -0.39 is 32.5 Å². The highest BCUT2D eigenvalue weighted by Gasteiger charge is 2.30. The molecule has 0 radical (unpaired) electrons. The van der Waals surface area contributed by atoms with Gasteiger partial charge >= 0.3 is 6.18 Å². The number of hydrogen-bond donors (Lipinski definition) is 1. The number of ether oxygens (including phenoxy) is 1. The summed E-state index contributed by atoms with van der Waals surface area (Å²) in [6.45, 7) is 0. The molecule has 40 heavy (non-hydrogen) atoms. The number of sulfonamides is 1. The van der Waals surface area contributed by atoms with E-state index in [-0.39, 0.29) is 21.7 Å². The van der Waals surface area contributed by atoms with E-state index in [0.717, 1.165) is 35.6 Å². The molecule has 0 amide bonds. The molecule has 2 heterocycles. The van der Waals surface area contributed by atoms with Crippen molar-refractivity contribution in [2.45, 2.75) is 11.1 Å². The Morgan fingerprint density at radius 3 is 2.40 bits per heavy atom. The molecule has 8 nitrogen and oxygen atoms in total. The molecule has 204 valence electrons. The van der Waals surface area contributed by atoms with Crippen LogP contribution in [0, 0.1) is 5.82 Å².